The van der Waals surface area contributed by atoms with E-state index in [0.29, 0.717) is 6.54 Å². The zero-order valence-corrected chi connectivity index (χ0v) is 18.5. The zero-order valence-electron chi connectivity index (χ0n) is 16.8. The number of carbonyl (C=O) groups excluding carboxylic acids is 1. The molecule has 0 aliphatic heterocycles. The average Bonchev–Trinajstić information content (AvgIpc) is 3.31. The molecule has 2 aromatic carbocycles. The van der Waals surface area contributed by atoms with Crippen molar-refractivity contribution < 1.29 is 4.79 Å². The summed E-state index contributed by atoms with van der Waals surface area (Å²) in [6.07, 6.45) is 1.67. The molecule has 7 heteroatoms. The lowest BCUT2D eigenvalue weighted by atomic mass is 10.1. The number of hydrogen-bond acceptors (Lipinski definition) is 5. The van der Waals surface area contributed by atoms with E-state index in [-0.39, 0.29) is 11.7 Å². The van der Waals surface area contributed by atoms with Crippen molar-refractivity contribution in [3.8, 4) is 0 Å². The van der Waals surface area contributed by atoms with Crippen LogP contribution in [0.15, 0.2) is 70.9 Å². The summed E-state index contributed by atoms with van der Waals surface area (Å²) in [6.45, 7) is 4.83. The molecule has 0 atom stereocenters. The van der Waals surface area contributed by atoms with Gasteiger partial charge in [0.2, 0.25) is 0 Å². The Bertz CT molecular complexity index is 1190. The molecule has 0 bridgehead atoms. The van der Waals surface area contributed by atoms with Crippen LogP contribution in [0.1, 0.15) is 20.9 Å². The van der Waals surface area contributed by atoms with E-state index in [4.69, 9.17) is 4.98 Å². The standard InChI is InChI=1S/C23H22N4OS2/c1-16-7-10-18(11-8-16)14-27-21-6-4-3-5-20(21)25-23(27)29-15-22(28)26-24-13-19-12-9-17(2)30-19/h3-13H,14-15H2,1-2H3,(H,26,28). The van der Waals surface area contributed by atoms with Crippen LogP contribution in [0, 0.1) is 13.8 Å². The van der Waals surface area contributed by atoms with Crippen LogP contribution in [0.5, 0.6) is 0 Å². The van der Waals surface area contributed by atoms with Crippen molar-refractivity contribution in [3.63, 3.8) is 0 Å². The van der Waals surface area contributed by atoms with Crippen LogP contribution in [-0.2, 0) is 11.3 Å². The van der Waals surface area contributed by atoms with Crippen LogP contribution in [0.4, 0.5) is 0 Å². The molecule has 4 rings (SSSR count). The largest absolute Gasteiger partial charge is 0.314 e. The van der Waals surface area contributed by atoms with Crippen molar-refractivity contribution in [3.05, 3.63) is 81.5 Å². The minimum absolute atomic E-state index is 0.154. The summed E-state index contributed by atoms with van der Waals surface area (Å²) in [6, 6.07) is 20.6. The highest BCUT2D eigenvalue weighted by Crippen LogP contribution is 2.25. The van der Waals surface area contributed by atoms with Gasteiger partial charge in [-0.2, -0.15) is 5.10 Å². The van der Waals surface area contributed by atoms with E-state index in [1.165, 1.54) is 27.8 Å². The number of fused-ring (bicyclic) bond motifs is 1. The summed E-state index contributed by atoms with van der Waals surface area (Å²) in [5.41, 5.74) is 7.03. The van der Waals surface area contributed by atoms with Crippen LogP contribution in [0.25, 0.3) is 11.0 Å². The number of thioether (sulfide) groups is 1. The van der Waals surface area contributed by atoms with Crippen LogP contribution in [0.3, 0.4) is 0 Å². The highest BCUT2D eigenvalue weighted by Gasteiger charge is 2.13. The van der Waals surface area contributed by atoms with Crippen LogP contribution < -0.4 is 5.43 Å². The minimum atomic E-state index is -0.154. The van der Waals surface area contributed by atoms with Crippen LogP contribution in [-0.4, -0.2) is 27.4 Å². The first-order valence-corrected chi connectivity index (χ1v) is 11.4. The number of aromatic nitrogens is 2. The van der Waals surface area contributed by atoms with Gasteiger partial charge in [-0.05, 0) is 43.7 Å². The molecule has 0 fully saturated rings. The Morgan fingerprint density at radius 1 is 1.13 bits per heavy atom. The van der Waals surface area contributed by atoms with E-state index >= 15 is 0 Å². The summed E-state index contributed by atoms with van der Waals surface area (Å²) < 4.78 is 2.16. The summed E-state index contributed by atoms with van der Waals surface area (Å²) in [4.78, 5) is 19.2. The number of aryl methyl sites for hydroxylation is 2. The molecule has 1 amide bonds. The summed E-state index contributed by atoms with van der Waals surface area (Å²) in [5.74, 6) is 0.0938. The fourth-order valence-electron chi connectivity index (χ4n) is 3.05. The van der Waals surface area contributed by atoms with Gasteiger partial charge < -0.3 is 4.57 Å². The van der Waals surface area contributed by atoms with Crippen LogP contribution >= 0.6 is 23.1 Å². The van der Waals surface area contributed by atoms with E-state index in [0.717, 1.165) is 21.1 Å². The quantitative estimate of drug-likeness (QED) is 0.253. The normalized spacial score (nSPS) is 11.4. The number of carbonyl (C=O) groups is 1. The number of benzene rings is 2. The van der Waals surface area contributed by atoms with Gasteiger partial charge in [-0.1, -0.05) is 53.7 Å². The predicted molar refractivity (Wildman–Crippen MR) is 126 cm³/mol. The molecule has 0 saturated carbocycles. The number of thiophene rings is 1. The van der Waals surface area contributed by atoms with E-state index in [9.17, 15) is 4.79 Å². The van der Waals surface area contributed by atoms with Gasteiger partial charge in [0, 0.05) is 9.75 Å². The van der Waals surface area contributed by atoms with Crippen molar-refractivity contribution in [2.45, 2.75) is 25.5 Å². The first-order valence-electron chi connectivity index (χ1n) is 9.60. The van der Waals surface area contributed by atoms with Crippen molar-refractivity contribution in [1.29, 1.82) is 0 Å². The van der Waals surface area contributed by atoms with Gasteiger partial charge in [-0.15, -0.1) is 11.3 Å². The number of nitrogens with zero attached hydrogens (tertiary/aromatic N) is 3. The molecule has 4 aromatic rings. The Morgan fingerprint density at radius 3 is 2.70 bits per heavy atom. The predicted octanol–water partition coefficient (Wildman–Crippen LogP) is 5.01. The van der Waals surface area contributed by atoms with Gasteiger partial charge in [-0.25, -0.2) is 10.4 Å². The first kappa shape index (κ1) is 20.4. The van der Waals surface area contributed by atoms with Gasteiger partial charge in [0.1, 0.15) is 0 Å². The SMILES string of the molecule is Cc1ccc(Cn2c(SCC(=O)NN=Cc3ccc(C)s3)nc3ccccc32)cc1. The number of imidazole rings is 1. The smallest absolute Gasteiger partial charge is 0.250 e. The maximum Gasteiger partial charge on any atom is 0.250 e. The van der Waals surface area contributed by atoms with Gasteiger partial charge in [-0.3, -0.25) is 4.79 Å². The molecule has 5 nitrogen and oxygen atoms in total. The molecule has 30 heavy (non-hydrogen) atoms. The minimum Gasteiger partial charge on any atom is -0.314 e. The lowest BCUT2D eigenvalue weighted by Gasteiger charge is -2.09. The third-order valence-electron chi connectivity index (χ3n) is 4.56. The molecular formula is C23H22N4OS2. The number of rotatable bonds is 7. The molecule has 0 saturated heterocycles. The Hall–Kier alpha value is -2.90. The van der Waals surface area contributed by atoms with Crippen molar-refractivity contribution >= 4 is 46.3 Å². The summed E-state index contributed by atoms with van der Waals surface area (Å²) >= 11 is 3.06. The van der Waals surface area contributed by atoms with E-state index in [2.05, 4.69) is 52.3 Å². The van der Waals surface area contributed by atoms with Crippen molar-refractivity contribution in [2.24, 2.45) is 5.10 Å². The topological polar surface area (TPSA) is 59.3 Å². The second kappa shape index (κ2) is 9.28. The van der Waals surface area contributed by atoms with Crippen molar-refractivity contribution in [1.82, 2.24) is 15.0 Å². The first-order chi connectivity index (χ1) is 14.6. The number of amides is 1. The second-order valence-electron chi connectivity index (χ2n) is 6.99. The summed E-state index contributed by atoms with van der Waals surface area (Å²) in [7, 11) is 0. The fraction of sp³-hybridized carbons (Fsp3) is 0.174. The molecule has 2 aromatic heterocycles. The number of hydrogen-bond donors (Lipinski definition) is 1. The lowest BCUT2D eigenvalue weighted by Crippen LogP contribution is -2.20. The number of hydrazone groups is 1. The molecule has 2 heterocycles. The molecule has 152 valence electrons. The maximum atomic E-state index is 12.3. The third-order valence-corrected chi connectivity index (χ3v) is 6.47. The Balaban J connectivity index is 1.45. The van der Waals surface area contributed by atoms with Gasteiger partial charge in [0.05, 0.1) is 29.5 Å². The van der Waals surface area contributed by atoms with E-state index in [1.807, 2.05) is 37.3 Å². The maximum absolute atomic E-state index is 12.3. The zero-order chi connectivity index (χ0) is 20.9. The molecule has 0 radical (unpaired) electrons. The third kappa shape index (κ3) is 4.98. The molecule has 1 N–H and O–H groups in total. The van der Waals surface area contributed by atoms with Crippen LogP contribution in [0.2, 0.25) is 0 Å². The summed E-state index contributed by atoms with van der Waals surface area (Å²) in [5, 5.41) is 4.88. The molecule has 0 aliphatic carbocycles. The highest BCUT2D eigenvalue weighted by molar-refractivity contribution is 7.99. The Labute approximate surface area is 183 Å². The molecule has 0 unspecified atom stereocenters. The average molecular weight is 435 g/mol. The second-order valence-corrected chi connectivity index (χ2v) is 9.25. The van der Waals surface area contributed by atoms with E-state index < -0.39 is 0 Å². The molecular weight excluding hydrogens is 412 g/mol. The van der Waals surface area contributed by atoms with Crippen molar-refractivity contribution in [2.75, 3.05) is 5.75 Å². The molecule has 0 spiro atoms. The number of nitrogens with one attached hydrogen (secondary N) is 1. The van der Waals surface area contributed by atoms with Gasteiger partial charge >= 0.3 is 0 Å². The lowest BCUT2D eigenvalue weighted by molar-refractivity contribution is -0.118. The Morgan fingerprint density at radius 2 is 1.93 bits per heavy atom. The monoisotopic (exact) mass is 434 g/mol. The fourth-order valence-corrected chi connectivity index (χ4v) is 4.60. The number of para-hydroxylation sites is 2. The van der Waals surface area contributed by atoms with Gasteiger partial charge in [0.15, 0.2) is 5.16 Å². The Kier molecular flexibility index (Phi) is 6.30. The highest BCUT2D eigenvalue weighted by atomic mass is 32.2. The van der Waals surface area contributed by atoms with E-state index in [1.54, 1.807) is 17.6 Å². The molecule has 0 aliphatic rings. The van der Waals surface area contributed by atoms with Gasteiger partial charge in [0.25, 0.3) is 5.91 Å².